The summed E-state index contributed by atoms with van der Waals surface area (Å²) >= 11 is 0. The van der Waals surface area contributed by atoms with Crippen molar-refractivity contribution in [2.75, 3.05) is 12.4 Å². The van der Waals surface area contributed by atoms with Crippen LogP contribution in [0.1, 0.15) is 5.56 Å². The molecule has 0 aliphatic carbocycles. The number of fused-ring (bicyclic) bond motifs is 1. The molecule has 0 bridgehead atoms. The number of anilines is 1. The minimum Gasteiger partial charge on any atom is -0.457 e. The second-order valence-electron chi connectivity index (χ2n) is 7.11. The maximum absolute atomic E-state index is 5.91. The second-order valence-corrected chi connectivity index (χ2v) is 7.11. The Balaban J connectivity index is 1.49. The van der Waals surface area contributed by atoms with Gasteiger partial charge in [-0.2, -0.15) is 5.10 Å². The number of nitrogens with one attached hydrogen (secondary N) is 1. The summed E-state index contributed by atoms with van der Waals surface area (Å²) in [6.45, 7) is 0.611. The van der Waals surface area contributed by atoms with Gasteiger partial charge in [0.05, 0.1) is 11.9 Å². The topological polar surface area (TPSA) is 64.9 Å². The monoisotopic (exact) mass is 407 g/mol. The number of aromatic nitrogens is 4. The molecule has 0 spiro atoms. The van der Waals surface area contributed by atoms with Crippen LogP contribution in [0.15, 0.2) is 91.4 Å². The van der Waals surface area contributed by atoms with Crippen LogP contribution in [0.25, 0.3) is 22.3 Å². The van der Waals surface area contributed by atoms with Crippen LogP contribution >= 0.6 is 0 Å². The van der Waals surface area contributed by atoms with Crippen LogP contribution in [-0.2, 0) is 6.54 Å². The van der Waals surface area contributed by atoms with Gasteiger partial charge in [0.25, 0.3) is 0 Å². The van der Waals surface area contributed by atoms with Gasteiger partial charge < -0.3 is 10.1 Å². The van der Waals surface area contributed by atoms with Gasteiger partial charge in [0.15, 0.2) is 5.65 Å². The lowest BCUT2D eigenvalue weighted by atomic mass is 10.1. The van der Waals surface area contributed by atoms with Gasteiger partial charge in [0, 0.05) is 24.5 Å². The lowest BCUT2D eigenvalue weighted by Crippen LogP contribution is -2.05. The van der Waals surface area contributed by atoms with Crippen molar-refractivity contribution in [2.45, 2.75) is 6.54 Å². The van der Waals surface area contributed by atoms with Crippen LogP contribution in [-0.4, -0.2) is 26.8 Å². The molecular formula is C25H21N5O. The van der Waals surface area contributed by atoms with E-state index in [1.165, 1.54) is 0 Å². The lowest BCUT2D eigenvalue weighted by molar-refractivity contribution is 0.483. The third-order valence-corrected chi connectivity index (χ3v) is 5.13. The molecule has 0 saturated carbocycles. The highest BCUT2D eigenvalue weighted by atomic mass is 16.5. The van der Waals surface area contributed by atoms with E-state index in [9.17, 15) is 0 Å². The van der Waals surface area contributed by atoms with Crippen molar-refractivity contribution in [1.82, 2.24) is 19.7 Å². The summed E-state index contributed by atoms with van der Waals surface area (Å²) in [5.74, 6) is 1.58. The van der Waals surface area contributed by atoms with E-state index in [0.29, 0.717) is 6.54 Å². The van der Waals surface area contributed by atoms with Crippen molar-refractivity contribution >= 4 is 16.7 Å². The molecule has 5 rings (SSSR count). The molecule has 152 valence electrons. The fraction of sp³-hybridized carbons (Fsp3) is 0.0800. The average Bonchev–Trinajstić information content (AvgIpc) is 3.19. The van der Waals surface area contributed by atoms with Gasteiger partial charge >= 0.3 is 0 Å². The quantitative estimate of drug-likeness (QED) is 0.410. The summed E-state index contributed by atoms with van der Waals surface area (Å²) in [6, 6.07) is 25.9. The Morgan fingerprint density at radius 1 is 0.871 bits per heavy atom. The molecule has 6 heteroatoms. The van der Waals surface area contributed by atoms with E-state index in [0.717, 1.165) is 45.0 Å². The number of rotatable bonds is 6. The van der Waals surface area contributed by atoms with Gasteiger partial charge in [-0.1, -0.05) is 36.4 Å². The molecule has 1 N–H and O–H groups in total. The predicted molar refractivity (Wildman–Crippen MR) is 122 cm³/mol. The Hall–Kier alpha value is -4.19. The molecule has 0 aliphatic rings. The van der Waals surface area contributed by atoms with Gasteiger partial charge in [0.2, 0.25) is 0 Å². The zero-order valence-corrected chi connectivity index (χ0v) is 17.1. The first-order valence-electron chi connectivity index (χ1n) is 10.1. The molecule has 0 unspecified atom stereocenters. The summed E-state index contributed by atoms with van der Waals surface area (Å²) in [5.41, 5.74) is 4.86. The van der Waals surface area contributed by atoms with Crippen LogP contribution in [0, 0.1) is 0 Å². The zero-order chi connectivity index (χ0) is 21.0. The summed E-state index contributed by atoms with van der Waals surface area (Å²) in [6.07, 6.45) is 3.38. The van der Waals surface area contributed by atoms with E-state index in [2.05, 4.69) is 27.4 Å². The van der Waals surface area contributed by atoms with Gasteiger partial charge in [-0.3, -0.25) is 0 Å². The van der Waals surface area contributed by atoms with Crippen LogP contribution in [0.5, 0.6) is 11.5 Å². The first kappa shape index (κ1) is 18.8. The van der Waals surface area contributed by atoms with Crippen molar-refractivity contribution in [3.63, 3.8) is 0 Å². The third-order valence-electron chi connectivity index (χ3n) is 5.13. The third kappa shape index (κ3) is 3.83. The van der Waals surface area contributed by atoms with E-state index < -0.39 is 0 Å². The van der Waals surface area contributed by atoms with E-state index in [-0.39, 0.29) is 0 Å². The number of benzene rings is 3. The highest BCUT2D eigenvalue weighted by Gasteiger charge is 2.15. The van der Waals surface area contributed by atoms with Crippen molar-refractivity contribution < 1.29 is 4.74 Å². The maximum Gasteiger partial charge on any atom is 0.162 e. The number of hydrogen-bond acceptors (Lipinski definition) is 5. The number of para-hydroxylation sites is 2. The molecule has 6 nitrogen and oxygen atoms in total. The lowest BCUT2D eigenvalue weighted by Gasteiger charge is -2.09. The molecular weight excluding hydrogens is 386 g/mol. The number of hydrogen-bond donors (Lipinski definition) is 1. The Morgan fingerprint density at radius 2 is 1.61 bits per heavy atom. The van der Waals surface area contributed by atoms with Crippen molar-refractivity contribution in [1.29, 1.82) is 0 Å². The van der Waals surface area contributed by atoms with Crippen molar-refractivity contribution in [3.05, 3.63) is 97.0 Å². The second kappa shape index (κ2) is 8.28. The van der Waals surface area contributed by atoms with E-state index in [4.69, 9.17) is 9.84 Å². The first-order chi connectivity index (χ1) is 15.3. The van der Waals surface area contributed by atoms with E-state index in [1.807, 2.05) is 84.7 Å². The van der Waals surface area contributed by atoms with Gasteiger partial charge in [-0.15, -0.1) is 0 Å². The molecule has 31 heavy (non-hydrogen) atoms. The smallest absolute Gasteiger partial charge is 0.162 e. The molecule has 0 atom stereocenters. The van der Waals surface area contributed by atoms with Gasteiger partial charge in [-0.05, 0) is 48.0 Å². The number of nitrogens with zero attached hydrogens (tertiary/aromatic N) is 4. The predicted octanol–water partition coefficient (Wildman–Crippen LogP) is 5.38. The van der Waals surface area contributed by atoms with Crippen LogP contribution in [0.3, 0.4) is 0 Å². The van der Waals surface area contributed by atoms with E-state index >= 15 is 0 Å². The standard InChI is InChI=1S/C25H21N5O/c1-26-23-10-6-5-7-19(23)16-30-25-22(15-27-17-28-25)24(29-30)18-11-13-21(14-12-18)31-20-8-3-2-4-9-20/h2-15,17,26H,16H2,1H3. The molecule has 2 aromatic heterocycles. The Labute approximate surface area is 180 Å². The Morgan fingerprint density at radius 3 is 2.42 bits per heavy atom. The molecule has 0 saturated heterocycles. The van der Waals surface area contributed by atoms with Gasteiger partial charge in [0.1, 0.15) is 23.5 Å². The minimum absolute atomic E-state index is 0.611. The molecule has 5 aromatic rings. The normalized spacial score (nSPS) is 10.9. The summed E-state index contributed by atoms with van der Waals surface area (Å²) in [5, 5.41) is 9.05. The van der Waals surface area contributed by atoms with Crippen LogP contribution < -0.4 is 10.1 Å². The molecule has 0 amide bonds. The minimum atomic E-state index is 0.611. The van der Waals surface area contributed by atoms with Crippen molar-refractivity contribution in [3.8, 4) is 22.8 Å². The van der Waals surface area contributed by atoms with E-state index in [1.54, 1.807) is 6.33 Å². The summed E-state index contributed by atoms with van der Waals surface area (Å²) in [7, 11) is 1.92. The highest BCUT2D eigenvalue weighted by molar-refractivity contribution is 5.90. The average molecular weight is 407 g/mol. The molecule has 0 radical (unpaired) electrons. The fourth-order valence-corrected chi connectivity index (χ4v) is 3.61. The maximum atomic E-state index is 5.91. The zero-order valence-electron chi connectivity index (χ0n) is 17.1. The fourth-order valence-electron chi connectivity index (χ4n) is 3.61. The Kier molecular flexibility index (Phi) is 5.02. The Bertz CT molecular complexity index is 1310. The van der Waals surface area contributed by atoms with Crippen LogP contribution in [0.2, 0.25) is 0 Å². The van der Waals surface area contributed by atoms with Crippen molar-refractivity contribution in [2.24, 2.45) is 0 Å². The number of ether oxygens (including phenoxy) is 1. The largest absolute Gasteiger partial charge is 0.457 e. The summed E-state index contributed by atoms with van der Waals surface area (Å²) in [4.78, 5) is 8.72. The SMILES string of the molecule is CNc1ccccc1Cn1nc(-c2ccc(Oc3ccccc3)cc2)c2cncnc21. The first-order valence-corrected chi connectivity index (χ1v) is 10.1. The molecule has 0 aliphatic heterocycles. The van der Waals surface area contributed by atoms with Gasteiger partial charge in [-0.25, -0.2) is 14.6 Å². The molecule has 3 aromatic carbocycles. The highest BCUT2D eigenvalue weighted by Crippen LogP contribution is 2.30. The molecule has 2 heterocycles. The summed E-state index contributed by atoms with van der Waals surface area (Å²) < 4.78 is 7.84. The van der Waals surface area contributed by atoms with Crippen LogP contribution in [0.4, 0.5) is 5.69 Å². The molecule has 0 fully saturated rings.